The van der Waals surface area contributed by atoms with Gasteiger partial charge in [-0.15, -0.1) is 0 Å². The van der Waals surface area contributed by atoms with Gasteiger partial charge in [0.2, 0.25) is 0 Å². The van der Waals surface area contributed by atoms with Gasteiger partial charge in [0, 0.05) is 26.2 Å². The van der Waals surface area contributed by atoms with Gasteiger partial charge in [-0.3, -0.25) is 0 Å². The third-order valence-corrected chi connectivity index (χ3v) is 4.70. The van der Waals surface area contributed by atoms with E-state index in [1.54, 1.807) is 11.0 Å². The Balaban J connectivity index is 1.96. The van der Waals surface area contributed by atoms with Gasteiger partial charge < -0.3 is 9.80 Å². The first kappa shape index (κ1) is 13.8. The summed E-state index contributed by atoms with van der Waals surface area (Å²) in [6.07, 6.45) is 2.80. The largest absolute Gasteiger partial charge is 0.354 e. The summed E-state index contributed by atoms with van der Waals surface area (Å²) >= 11 is 3.52. The van der Waals surface area contributed by atoms with Crippen LogP contribution in [0.15, 0.2) is 10.9 Å². The van der Waals surface area contributed by atoms with Crippen LogP contribution in [-0.2, 0) is 7.05 Å². The average molecular weight is 339 g/mol. The van der Waals surface area contributed by atoms with Gasteiger partial charge >= 0.3 is 0 Å². The predicted octanol–water partition coefficient (Wildman–Crippen LogP) is 1.66. The minimum Gasteiger partial charge on any atom is -0.354 e. The molecule has 0 radical (unpaired) electrons. The van der Waals surface area contributed by atoms with Crippen LogP contribution in [0.5, 0.6) is 0 Å². The Bertz CT molecular complexity index is 625. The second-order valence-electron chi connectivity index (χ2n) is 5.27. The van der Waals surface area contributed by atoms with E-state index in [-0.39, 0.29) is 0 Å². The summed E-state index contributed by atoms with van der Waals surface area (Å²) in [4.78, 5) is 13.6. The van der Waals surface area contributed by atoms with Gasteiger partial charge in [0.25, 0.3) is 0 Å². The number of fused-ring (bicyclic) bond motifs is 1. The summed E-state index contributed by atoms with van der Waals surface area (Å²) in [7, 11) is 4.09. The molecule has 1 aliphatic rings. The summed E-state index contributed by atoms with van der Waals surface area (Å²) in [5, 5.41) is 5.40. The molecule has 7 heteroatoms. The van der Waals surface area contributed by atoms with Crippen molar-refractivity contribution in [2.45, 2.75) is 19.4 Å². The van der Waals surface area contributed by atoms with Crippen LogP contribution in [0, 0.1) is 0 Å². The first-order chi connectivity index (χ1) is 9.61. The van der Waals surface area contributed by atoms with Gasteiger partial charge in [-0.2, -0.15) is 5.10 Å². The zero-order valence-corrected chi connectivity index (χ0v) is 13.6. The molecule has 1 saturated heterocycles. The van der Waals surface area contributed by atoms with Gasteiger partial charge in [0.05, 0.1) is 5.39 Å². The minimum atomic E-state index is 0.598. The van der Waals surface area contributed by atoms with Gasteiger partial charge in [-0.1, -0.05) is 6.92 Å². The molecule has 1 aliphatic heterocycles. The third-order valence-electron chi connectivity index (χ3n) is 4.14. The number of likely N-dealkylation sites (N-methyl/N-ethyl adjacent to an activating group) is 1. The van der Waals surface area contributed by atoms with Crippen LogP contribution >= 0.6 is 15.9 Å². The molecule has 0 amide bonds. The Kier molecular flexibility index (Phi) is 3.64. The Hall–Kier alpha value is -1.21. The summed E-state index contributed by atoms with van der Waals surface area (Å²) in [6.45, 7) is 5.32. The van der Waals surface area contributed by atoms with Crippen LogP contribution in [0.2, 0.25) is 0 Å². The quantitative estimate of drug-likeness (QED) is 0.851. The first-order valence-corrected chi connectivity index (χ1v) is 7.69. The Labute approximate surface area is 126 Å². The van der Waals surface area contributed by atoms with Gasteiger partial charge in [-0.25, -0.2) is 14.6 Å². The van der Waals surface area contributed by atoms with E-state index < -0.39 is 0 Å². The number of aryl methyl sites for hydroxylation is 1. The molecule has 2 aromatic heterocycles. The minimum absolute atomic E-state index is 0.598. The fraction of sp³-hybridized carbons (Fsp3) is 0.615. The Morgan fingerprint density at radius 1 is 1.45 bits per heavy atom. The SMILES string of the molecule is CCN(C)C1CCN(c2ncnc3c2c(Br)nn3C)C1. The van der Waals surface area contributed by atoms with Crippen LogP contribution in [0.3, 0.4) is 0 Å². The van der Waals surface area contributed by atoms with E-state index in [9.17, 15) is 0 Å². The fourth-order valence-corrected chi connectivity index (χ4v) is 3.41. The van der Waals surface area contributed by atoms with Crippen molar-refractivity contribution >= 4 is 32.8 Å². The zero-order chi connectivity index (χ0) is 14.3. The maximum absolute atomic E-state index is 4.50. The molecule has 2 aromatic rings. The summed E-state index contributed by atoms with van der Waals surface area (Å²) in [5.41, 5.74) is 0.870. The third kappa shape index (κ3) is 2.18. The lowest BCUT2D eigenvalue weighted by Gasteiger charge is -2.23. The van der Waals surface area contributed by atoms with Crippen molar-refractivity contribution in [3.63, 3.8) is 0 Å². The molecule has 108 valence electrons. The van der Waals surface area contributed by atoms with Crippen molar-refractivity contribution in [2.75, 3.05) is 31.6 Å². The van der Waals surface area contributed by atoms with Crippen LogP contribution in [0.4, 0.5) is 5.82 Å². The lowest BCUT2D eigenvalue weighted by molar-refractivity contribution is 0.272. The smallest absolute Gasteiger partial charge is 0.164 e. The highest BCUT2D eigenvalue weighted by Crippen LogP contribution is 2.31. The number of rotatable bonds is 3. The van der Waals surface area contributed by atoms with Crippen molar-refractivity contribution in [3.05, 3.63) is 10.9 Å². The van der Waals surface area contributed by atoms with Gasteiger partial charge in [0.15, 0.2) is 5.65 Å². The first-order valence-electron chi connectivity index (χ1n) is 6.90. The van der Waals surface area contributed by atoms with E-state index in [2.05, 4.69) is 54.8 Å². The average Bonchev–Trinajstić information content (AvgIpc) is 3.04. The van der Waals surface area contributed by atoms with Crippen molar-refractivity contribution in [1.29, 1.82) is 0 Å². The maximum Gasteiger partial charge on any atom is 0.164 e. The van der Waals surface area contributed by atoms with E-state index in [1.807, 2.05) is 7.05 Å². The van der Waals surface area contributed by atoms with E-state index >= 15 is 0 Å². The molecule has 0 spiro atoms. The molecule has 0 aliphatic carbocycles. The highest BCUT2D eigenvalue weighted by Gasteiger charge is 2.28. The molecular weight excluding hydrogens is 320 g/mol. The zero-order valence-electron chi connectivity index (χ0n) is 12.0. The van der Waals surface area contributed by atoms with Crippen molar-refractivity contribution < 1.29 is 0 Å². The number of hydrogen-bond acceptors (Lipinski definition) is 5. The van der Waals surface area contributed by atoms with Crippen LogP contribution in [0.1, 0.15) is 13.3 Å². The van der Waals surface area contributed by atoms with Crippen LogP contribution in [-0.4, -0.2) is 57.4 Å². The summed E-state index contributed by atoms with van der Waals surface area (Å²) in [6, 6.07) is 0.598. The second-order valence-corrected chi connectivity index (χ2v) is 6.02. The monoisotopic (exact) mass is 338 g/mol. The molecule has 3 rings (SSSR count). The topological polar surface area (TPSA) is 50.1 Å². The van der Waals surface area contributed by atoms with Gasteiger partial charge in [0.1, 0.15) is 16.7 Å². The van der Waals surface area contributed by atoms with Crippen molar-refractivity contribution in [3.8, 4) is 0 Å². The molecule has 0 bridgehead atoms. The van der Waals surface area contributed by atoms with E-state index in [0.717, 1.165) is 41.1 Å². The Morgan fingerprint density at radius 3 is 3.00 bits per heavy atom. The Morgan fingerprint density at radius 2 is 2.25 bits per heavy atom. The molecule has 20 heavy (non-hydrogen) atoms. The molecule has 0 saturated carbocycles. The fourth-order valence-electron chi connectivity index (χ4n) is 2.82. The standard InChI is InChI=1S/C13H19BrN6/c1-4-18(2)9-5-6-20(7-9)13-10-11(14)17-19(3)12(10)15-8-16-13/h8-9H,4-7H2,1-3H3. The predicted molar refractivity (Wildman–Crippen MR) is 82.9 cm³/mol. The normalized spacial score (nSPS) is 19.4. The number of anilines is 1. The number of nitrogens with zero attached hydrogens (tertiary/aromatic N) is 6. The molecule has 1 unspecified atom stereocenters. The highest BCUT2D eigenvalue weighted by atomic mass is 79.9. The molecule has 3 heterocycles. The summed E-state index contributed by atoms with van der Waals surface area (Å²) < 4.78 is 2.61. The van der Waals surface area contributed by atoms with Gasteiger partial charge in [-0.05, 0) is 35.9 Å². The lowest BCUT2D eigenvalue weighted by atomic mass is 10.2. The molecule has 0 N–H and O–H groups in total. The second kappa shape index (κ2) is 5.29. The van der Waals surface area contributed by atoms with E-state index in [0.29, 0.717) is 6.04 Å². The molecule has 1 fully saturated rings. The van der Waals surface area contributed by atoms with Crippen LogP contribution < -0.4 is 4.90 Å². The maximum atomic E-state index is 4.50. The molecule has 1 atom stereocenters. The van der Waals surface area contributed by atoms with E-state index in [4.69, 9.17) is 0 Å². The summed E-state index contributed by atoms with van der Waals surface area (Å²) in [5.74, 6) is 0.988. The number of hydrogen-bond donors (Lipinski definition) is 0. The number of halogens is 1. The highest BCUT2D eigenvalue weighted by molar-refractivity contribution is 9.10. The van der Waals surface area contributed by atoms with E-state index in [1.165, 1.54) is 6.42 Å². The molecule has 0 aromatic carbocycles. The molecule has 6 nitrogen and oxygen atoms in total. The lowest BCUT2D eigenvalue weighted by Crippen LogP contribution is -2.34. The van der Waals surface area contributed by atoms with Crippen molar-refractivity contribution in [2.24, 2.45) is 7.05 Å². The van der Waals surface area contributed by atoms with Crippen molar-refractivity contribution in [1.82, 2.24) is 24.6 Å². The molecular formula is C13H19BrN6. The van der Waals surface area contributed by atoms with Crippen LogP contribution in [0.25, 0.3) is 11.0 Å². The number of aromatic nitrogens is 4.